The molecule has 12 nitrogen and oxygen atoms in total. The zero-order valence-electron chi connectivity index (χ0n) is 16.5. The van der Waals surface area contributed by atoms with Crippen LogP contribution in [0.3, 0.4) is 0 Å². The van der Waals surface area contributed by atoms with Crippen LogP contribution < -0.4 is 16.0 Å². The number of fused-ring (bicyclic) bond motifs is 1. The minimum absolute atomic E-state index is 0.0826. The summed E-state index contributed by atoms with van der Waals surface area (Å²) in [5.74, 6) is 0.819. The Labute approximate surface area is 181 Å². The van der Waals surface area contributed by atoms with Gasteiger partial charge in [0.15, 0.2) is 0 Å². The molecule has 0 amide bonds. The number of aromatic nitrogens is 3. The zero-order chi connectivity index (χ0) is 22.2. The van der Waals surface area contributed by atoms with Gasteiger partial charge < -0.3 is 31.3 Å². The lowest BCUT2D eigenvalue weighted by atomic mass is 10.1. The van der Waals surface area contributed by atoms with Crippen LogP contribution in [0.15, 0.2) is 29.2 Å². The molecule has 1 aromatic heterocycles. The van der Waals surface area contributed by atoms with Crippen molar-refractivity contribution in [3.05, 3.63) is 29.8 Å². The fourth-order valence-corrected chi connectivity index (χ4v) is 3.24. The minimum Gasteiger partial charge on any atom is -0.507 e. The van der Waals surface area contributed by atoms with E-state index in [9.17, 15) is 5.11 Å². The molecule has 31 heavy (non-hydrogen) atoms. The summed E-state index contributed by atoms with van der Waals surface area (Å²) in [6.45, 7) is 2.06. The smallest absolute Gasteiger partial charge is 0.233 e. The van der Waals surface area contributed by atoms with Gasteiger partial charge in [-0.1, -0.05) is 5.04 Å². The van der Waals surface area contributed by atoms with Crippen molar-refractivity contribution in [2.45, 2.75) is 11.8 Å². The predicted molar refractivity (Wildman–Crippen MR) is 115 cm³/mol. The second kappa shape index (κ2) is 10.9. The number of nitrogens with one attached hydrogen (secondary N) is 3. The maximum atomic E-state index is 10.5. The highest BCUT2D eigenvalue weighted by atomic mass is 32.2. The third-order valence-corrected chi connectivity index (χ3v) is 4.89. The molecule has 0 aliphatic heterocycles. The molecule has 0 atom stereocenters. The van der Waals surface area contributed by atoms with Gasteiger partial charge in [-0.2, -0.15) is 15.0 Å². The molecule has 0 radical (unpaired) electrons. The number of hydrogen-bond acceptors (Lipinski definition) is 13. The molecule has 0 saturated heterocycles. The Balaban J connectivity index is 1.91. The first-order chi connectivity index (χ1) is 15.0. The number of aliphatic hydroxyl groups is 2. The standard InChI is InChI=1S/C18H22N6O6S/c1-10-14(31-30-29-28)9-11-8-12(2-3-13(11)15(10)27)21-18-23-16(19-4-6-25)22-17(24-18)20-5-7-26/h2-3,8-9,25-28H,4-7H2,1H3,(H3,19,20,21,22,23,24). The molecule has 0 fully saturated rings. The van der Waals surface area contributed by atoms with Crippen molar-refractivity contribution in [1.29, 1.82) is 0 Å². The van der Waals surface area contributed by atoms with Crippen LogP contribution in [0.2, 0.25) is 0 Å². The lowest BCUT2D eigenvalue weighted by Gasteiger charge is -2.13. The number of rotatable bonds is 11. The van der Waals surface area contributed by atoms with Crippen LogP contribution >= 0.6 is 12.0 Å². The number of phenolic OH excluding ortho intramolecular Hbond substituents is 1. The van der Waals surface area contributed by atoms with Crippen molar-refractivity contribution in [3.63, 3.8) is 0 Å². The summed E-state index contributed by atoms with van der Waals surface area (Å²) in [6.07, 6.45) is 0. The average Bonchev–Trinajstić information content (AvgIpc) is 2.77. The molecule has 0 unspecified atom stereocenters. The second-order valence-corrected chi connectivity index (χ2v) is 6.98. The number of phenols is 1. The first kappa shape index (κ1) is 22.7. The van der Waals surface area contributed by atoms with E-state index >= 15 is 0 Å². The highest BCUT2D eigenvalue weighted by Crippen LogP contribution is 2.37. The monoisotopic (exact) mass is 450 g/mol. The normalized spacial score (nSPS) is 11.0. The van der Waals surface area contributed by atoms with Crippen LogP contribution in [-0.4, -0.2) is 61.8 Å². The number of hydrogen-bond donors (Lipinski definition) is 7. The van der Waals surface area contributed by atoms with E-state index in [4.69, 9.17) is 15.5 Å². The van der Waals surface area contributed by atoms with Crippen LogP contribution in [-0.2, 0) is 9.37 Å². The molecule has 166 valence electrons. The number of nitrogens with zero attached hydrogens (tertiary/aromatic N) is 3. The van der Waals surface area contributed by atoms with Crippen LogP contribution in [0.25, 0.3) is 10.8 Å². The first-order valence-corrected chi connectivity index (χ1v) is 9.93. The van der Waals surface area contributed by atoms with E-state index in [2.05, 4.69) is 40.3 Å². The van der Waals surface area contributed by atoms with Gasteiger partial charge in [0, 0.05) is 34.6 Å². The van der Waals surface area contributed by atoms with E-state index < -0.39 is 0 Å². The van der Waals surface area contributed by atoms with Gasteiger partial charge in [-0.3, -0.25) is 0 Å². The fraction of sp³-hybridized carbons (Fsp3) is 0.278. The maximum absolute atomic E-state index is 10.5. The molecule has 3 aromatic rings. The topological polar surface area (TPSA) is 174 Å². The van der Waals surface area contributed by atoms with Crippen LogP contribution in [0, 0.1) is 6.92 Å². The third kappa shape index (κ3) is 5.81. The van der Waals surface area contributed by atoms with Crippen molar-refractivity contribution in [2.24, 2.45) is 0 Å². The van der Waals surface area contributed by atoms with E-state index in [0.29, 0.717) is 26.9 Å². The van der Waals surface area contributed by atoms with Gasteiger partial charge in [0.2, 0.25) is 17.8 Å². The van der Waals surface area contributed by atoms with Gasteiger partial charge in [-0.15, -0.1) is 4.33 Å². The summed E-state index contributed by atoms with van der Waals surface area (Å²) in [7, 11) is 0. The van der Waals surface area contributed by atoms with Crippen molar-refractivity contribution < 1.29 is 29.9 Å². The van der Waals surface area contributed by atoms with E-state index in [0.717, 1.165) is 12.0 Å². The Morgan fingerprint density at radius 3 is 2.23 bits per heavy atom. The summed E-state index contributed by atoms with van der Waals surface area (Å²) in [6, 6.07) is 7.06. The molecule has 1 heterocycles. The molecule has 0 spiro atoms. The Hall–Kier alpha value is -2.94. The average molecular weight is 450 g/mol. The predicted octanol–water partition coefficient (Wildman–Crippen LogP) is 2.02. The fourth-order valence-electron chi connectivity index (χ4n) is 2.74. The third-order valence-electron chi connectivity index (χ3n) is 4.15. The molecule has 2 aromatic carbocycles. The highest BCUT2D eigenvalue weighted by Gasteiger charge is 2.13. The van der Waals surface area contributed by atoms with Crippen molar-refractivity contribution >= 4 is 46.3 Å². The SMILES string of the molecule is Cc1c(SOOO)cc2cc(Nc3nc(NCCO)nc(NCCO)n3)ccc2c1O. The Morgan fingerprint density at radius 1 is 0.968 bits per heavy atom. The van der Waals surface area contributed by atoms with E-state index in [1.165, 1.54) is 0 Å². The first-order valence-electron chi connectivity index (χ1n) is 9.19. The number of aromatic hydroxyl groups is 1. The van der Waals surface area contributed by atoms with Crippen LogP contribution in [0.5, 0.6) is 5.75 Å². The zero-order valence-corrected chi connectivity index (χ0v) is 17.3. The van der Waals surface area contributed by atoms with Gasteiger partial charge in [0.05, 0.1) is 25.3 Å². The van der Waals surface area contributed by atoms with E-state index in [1.54, 1.807) is 31.2 Å². The molecule has 3 rings (SSSR count). The molecular weight excluding hydrogens is 428 g/mol. The van der Waals surface area contributed by atoms with Crippen molar-refractivity contribution in [3.8, 4) is 5.75 Å². The number of benzene rings is 2. The number of anilines is 4. The van der Waals surface area contributed by atoms with Gasteiger partial charge in [-0.25, -0.2) is 5.26 Å². The molecule has 0 aliphatic rings. The Bertz CT molecular complexity index is 1010. The summed E-state index contributed by atoms with van der Waals surface area (Å²) < 4.78 is 4.49. The van der Waals surface area contributed by atoms with E-state index in [-0.39, 0.29) is 49.9 Å². The molecule has 0 bridgehead atoms. The highest BCUT2D eigenvalue weighted by molar-refractivity contribution is 7.94. The Morgan fingerprint density at radius 2 is 1.61 bits per heavy atom. The minimum atomic E-state index is -0.0905. The van der Waals surface area contributed by atoms with Gasteiger partial charge in [0.1, 0.15) is 5.75 Å². The molecule has 7 N–H and O–H groups in total. The van der Waals surface area contributed by atoms with Crippen LogP contribution in [0.1, 0.15) is 5.56 Å². The lowest BCUT2D eigenvalue weighted by Crippen LogP contribution is -2.14. The molecule has 0 saturated carbocycles. The second-order valence-electron chi connectivity index (χ2n) is 6.24. The molecular formula is C18H22N6O6S. The van der Waals surface area contributed by atoms with Gasteiger partial charge in [0.25, 0.3) is 0 Å². The van der Waals surface area contributed by atoms with Crippen molar-refractivity contribution in [1.82, 2.24) is 15.0 Å². The summed E-state index contributed by atoms with van der Waals surface area (Å²) in [4.78, 5) is 13.3. The molecule has 0 aliphatic carbocycles. The maximum Gasteiger partial charge on any atom is 0.233 e. The lowest BCUT2D eigenvalue weighted by molar-refractivity contribution is -0.432. The van der Waals surface area contributed by atoms with Gasteiger partial charge >= 0.3 is 0 Å². The quantitative estimate of drug-likeness (QED) is 0.128. The summed E-state index contributed by atoms with van der Waals surface area (Å²) in [5, 5.41) is 50.7. The van der Waals surface area contributed by atoms with E-state index in [1.807, 2.05) is 0 Å². The summed E-state index contributed by atoms with van der Waals surface area (Å²) in [5.41, 5.74) is 1.21. The number of aliphatic hydroxyl groups excluding tert-OH is 2. The summed E-state index contributed by atoms with van der Waals surface area (Å²) >= 11 is 0.762. The van der Waals surface area contributed by atoms with Crippen LogP contribution in [0.4, 0.5) is 23.5 Å². The molecule has 13 heteroatoms. The van der Waals surface area contributed by atoms with Crippen molar-refractivity contribution in [2.75, 3.05) is 42.3 Å². The largest absolute Gasteiger partial charge is 0.507 e. The van der Waals surface area contributed by atoms with Gasteiger partial charge in [-0.05, 0) is 36.6 Å². The Kier molecular flexibility index (Phi) is 8.00.